The molecular formula is C24H25N3O5S. The van der Waals surface area contributed by atoms with Gasteiger partial charge in [0.05, 0.1) is 30.6 Å². The number of hydrogen-bond donors (Lipinski definition) is 0. The van der Waals surface area contributed by atoms with Gasteiger partial charge in [-0.1, -0.05) is 6.07 Å². The van der Waals surface area contributed by atoms with Crippen LogP contribution in [0.4, 0.5) is 0 Å². The predicted molar refractivity (Wildman–Crippen MR) is 125 cm³/mol. The lowest BCUT2D eigenvalue weighted by Crippen LogP contribution is -2.42. The molecule has 1 unspecified atom stereocenters. The summed E-state index contributed by atoms with van der Waals surface area (Å²) in [5.41, 5.74) is 1.66. The van der Waals surface area contributed by atoms with E-state index >= 15 is 0 Å². The molecule has 0 fully saturated rings. The molecule has 0 aliphatic carbocycles. The van der Waals surface area contributed by atoms with Gasteiger partial charge in [-0.05, 0) is 53.4 Å². The topological polar surface area (TPSA) is 84.6 Å². The van der Waals surface area contributed by atoms with Crippen molar-refractivity contribution in [1.82, 2.24) is 9.91 Å². The van der Waals surface area contributed by atoms with Gasteiger partial charge in [-0.3, -0.25) is 9.59 Å². The van der Waals surface area contributed by atoms with Crippen molar-refractivity contribution in [2.75, 3.05) is 33.9 Å². The Hall–Kier alpha value is -3.43. The van der Waals surface area contributed by atoms with Crippen LogP contribution in [0.25, 0.3) is 0 Å². The lowest BCUT2D eigenvalue weighted by Gasteiger charge is -2.25. The molecule has 0 saturated heterocycles. The molecule has 0 spiro atoms. The Bertz CT molecular complexity index is 1090. The minimum absolute atomic E-state index is 0.114. The highest BCUT2D eigenvalue weighted by Crippen LogP contribution is 2.33. The first-order valence-electron chi connectivity index (χ1n) is 10.5. The quantitative estimate of drug-likeness (QED) is 0.478. The second-order valence-electron chi connectivity index (χ2n) is 7.45. The standard InChI is InChI=1S/C24H25N3O5S/c1-30-13-11-26(24(29)22-6-4-14-33-22)16-23(28)27-20(21-5-3-12-32-21)15-19(25-27)17-7-9-18(31-2)10-8-17/h3-10,12,14,20H,11,13,15-16H2,1-2H3. The van der Waals surface area contributed by atoms with E-state index in [0.29, 0.717) is 30.2 Å². The van der Waals surface area contributed by atoms with Crippen molar-refractivity contribution >= 4 is 28.9 Å². The zero-order chi connectivity index (χ0) is 23.2. The van der Waals surface area contributed by atoms with Gasteiger partial charge in [-0.15, -0.1) is 11.3 Å². The second-order valence-corrected chi connectivity index (χ2v) is 8.39. The summed E-state index contributed by atoms with van der Waals surface area (Å²) in [5.74, 6) is 0.891. The third-order valence-electron chi connectivity index (χ3n) is 5.37. The van der Waals surface area contributed by atoms with Crippen LogP contribution in [0.3, 0.4) is 0 Å². The first-order valence-corrected chi connectivity index (χ1v) is 11.4. The molecular weight excluding hydrogens is 442 g/mol. The summed E-state index contributed by atoms with van der Waals surface area (Å²) in [5, 5.41) is 7.91. The van der Waals surface area contributed by atoms with Gasteiger partial charge in [0.25, 0.3) is 11.8 Å². The third kappa shape index (κ3) is 5.15. The number of carbonyl (C=O) groups excluding carboxylic acids is 2. The van der Waals surface area contributed by atoms with Crippen LogP contribution in [-0.2, 0) is 9.53 Å². The fourth-order valence-corrected chi connectivity index (χ4v) is 4.34. The number of benzene rings is 1. The summed E-state index contributed by atoms with van der Waals surface area (Å²) in [6.07, 6.45) is 2.08. The maximum atomic E-state index is 13.4. The van der Waals surface area contributed by atoms with E-state index in [1.54, 1.807) is 32.6 Å². The van der Waals surface area contributed by atoms with E-state index in [4.69, 9.17) is 13.9 Å². The van der Waals surface area contributed by atoms with Crippen LogP contribution in [0.2, 0.25) is 0 Å². The van der Waals surface area contributed by atoms with Gasteiger partial charge in [0.2, 0.25) is 0 Å². The summed E-state index contributed by atoms with van der Waals surface area (Å²) in [6, 6.07) is 14.3. The lowest BCUT2D eigenvalue weighted by atomic mass is 10.0. The molecule has 3 heterocycles. The first-order chi connectivity index (χ1) is 16.1. The molecule has 4 rings (SSSR count). The number of methoxy groups -OCH3 is 2. The van der Waals surface area contributed by atoms with Crippen molar-refractivity contribution in [1.29, 1.82) is 0 Å². The Morgan fingerprint density at radius 2 is 2.00 bits per heavy atom. The van der Waals surface area contributed by atoms with Gasteiger partial charge < -0.3 is 18.8 Å². The maximum absolute atomic E-state index is 13.4. The fraction of sp³-hybridized carbons (Fsp3) is 0.292. The second kappa shape index (κ2) is 10.5. The van der Waals surface area contributed by atoms with Crippen LogP contribution >= 0.6 is 11.3 Å². The van der Waals surface area contributed by atoms with Crippen molar-refractivity contribution in [2.24, 2.45) is 5.10 Å². The molecule has 1 aliphatic rings. The van der Waals surface area contributed by atoms with Crippen molar-refractivity contribution < 1.29 is 23.5 Å². The monoisotopic (exact) mass is 467 g/mol. The van der Waals surface area contributed by atoms with Gasteiger partial charge in [-0.2, -0.15) is 5.10 Å². The zero-order valence-corrected chi connectivity index (χ0v) is 19.3. The molecule has 1 aromatic carbocycles. The molecule has 1 atom stereocenters. The number of amides is 2. The van der Waals surface area contributed by atoms with Crippen molar-refractivity contribution in [2.45, 2.75) is 12.5 Å². The fourth-order valence-electron chi connectivity index (χ4n) is 3.65. The smallest absolute Gasteiger partial charge is 0.264 e. The molecule has 9 heteroatoms. The molecule has 0 saturated carbocycles. The maximum Gasteiger partial charge on any atom is 0.264 e. The van der Waals surface area contributed by atoms with Crippen LogP contribution in [-0.4, -0.2) is 61.4 Å². The number of hydrogen-bond acceptors (Lipinski definition) is 7. The van der Waals surface area contributed by atoms with E-state index in [1.165, 1.54) is 21.2 Å². The summed E-state index contributed by atoms with van der Waals surface area (Å²) in [4.78, 5) is 28.4. The van der Waals surface area contributed by atoms with Crippen LogP contribution < -0.4 is 4.74 Å². The summed E-state index contributed by atoms with van der Waals surface area (Å²) >= 11 is 1.34. The molecule has 2 aromatic heterocycles. The number of rotatable bonds is 9. The first kappa shape index (κ1) is 22.8. The third-order valence-corrected chi connectivity index (χ3v) is 6.23. The molecule has 0 N–H and O–H groups in total. The van der Waals surface area contributed by atoms with Gasteiger partial charge >= 0.3 is 0 Å². The Kier molecular flexibility index (Phi) is 7.21. The average Bonchev–Trinajstić information content (AvgIpc) is 3.62. The summed E-state index contributed by atoms with van der Waals surface area (Å²) < 4.78 is 16.0. The Balaban J connectivity index is 1.58. The van der Waals surface area contributed by atoms with Gasteiger partial charge in [0.1, 0.15) is 24.1 Å². The number of ether oxygens (including phenoxy) is 2. The minimum Gasteiger partial charge on any atom is -0.497 e. The molecule has 1 aliphatic heterocycles. The van der Waals surface area contributed by atoms with E-state index in [0.717, 1.165) is 17.0 Å². The molecule has 33 heavy (non-hydrogen) atoms. The van der Waals surface area contributed by atoms with E-state index in [9.17, 15) is 9.59 Å². The number of furan rings is 1. The van der Waals surface area contributed by atoms with E-state index in [2.05, 4.69) is 5.10 Å². The van der Waals surface area contributed by atoms with Gasteiger partial charge in [0, 0.05) is 20.1 Å². The SMILES string of the molecule is COCCN(CC(=O)N1N=C(c2ccc(OC)cc2)CC1c1ccco1)C(=O)c1cccs1. The average molecular weight is 468 g/mol. The lowest BCUT2D eigenvalue weighted by molar-refractivity contribution is -0.134. The molecule has 8 nitrogen and oxygen atoms in total. The normalized spacial score (nSPS) is 15.4. The van der Waals surface area contributed by atoms with Crippen molar-refractivity contribution in [3.8, 4) is 5.75 Å². The van der Waals surface area contributed by atoms with Gasteiger partial charge in [-0.25, -0.2) is 5.01 Å². The van der Waals surface area contributed by atoms with E-state index < -0.39 is 0 Å². The van der Waals surface area contributed by atoms with Crippen LogP contribution in [0.1, 0.15) is 33.5 Å². The highest BCUT2D eigenvalue weighted by Gasteiger charge is 2.36. The van der Waals surface area contributed by atoms with Crippen LogP contribution in [0, 0.1) is 0 Å². The zero-order valence-electron chi connectivity index (χ0n) is 18.5. The molecule has 0 radical (unpaired) electrons. The minimum atomic E-state index is -0.384. The molecule has 2 amide bonds. The molecule has 0 bridgehead atoms. The summed E-state index contributed by atoms with van der Waals surface area (Å²) in [7, 11) is 3.18. The highest BCUT2D eigenvalue weighted by atomic mass is 32.1. The Morgan fingerprint density at radius 3 is 2.64 bits per heavy atom. The van der Waals surface area contributed by atoms with Crippen LogP contribution in [0.15, 0.2) is 69.7 Å². The summed E-state index contributed by atoms with van der Waals surface area (Å²) in [6.45, 7) is 0.510. The van der Waals surface area contributed by atoms with Gasteiger partial charge in [0.15, 0.2) is 0 Å². The van der Waals surface area contributed by atoms with Crippen molar-refractivity contribution in [3.05, 3.63) is 76.4 Å². The van der Waals surface area contributed by atoms with Crippen molar-refractivity contribution in [3.63, 3.8) is 0 Å². The highest BCUT2D eigenvalue weighted by molar-refractivity contribution is 7.12. The number of carbonyl (C=O) groups is 2. The molecule has 172 valence electrons. The number of hydrazone groups is 1. The van der Waals surface area contributed by atoms with Crippen LogP contribution in [0.5, 0.6) is 5.75 Å². The Labute approximate surface area is 196 Å². The van der Waals surface area contributed by atoms with E-state index in [-0.39, 0.29) is 24.4 Å². The number of nitrogens with zero attached hydrogens (tertiary/aromatic N) is 3. The van der Waals surface area contributed by atoms with E-state index in [1.807, 2.05) is 41.8 Å². The predicted octanol–water partition coefficient (Wildman–Crippen LogP) is 3.82. The Morgan fingerprint density at radius 1 is 1.18 bits per heavy atom. The largest absolute Gasteiger partial charge is 0.497 e. The molecule has 3 aromatic rings. The number of thiophene rings is 1.